The van der Waals surface area contributed by atoms with Crippen LogP contribution in [0.1, 0.15) is 30.9 Å². The van der Waals surface area contributed by atoms with E-state index in [0.717, 1.165) is 19.3 Å². The molecule has 3 heteroatoms. The SMILES string of the molecule is C[C@@H]1[C@@H]2OC(=O)[C@]13c1ccccc1CCC3C[C@@H]2Br. The van der Waals surface area contributed by atoms with Gasteiger partial charge in [-0.2, -0.15) is 0 Å². The summed E-state index contributed by atoms with van der Waals surface area (Å²) >= 11 is 3.73. The van der Waals surface area contributed by atoms with Gasteiger partial charge in [-0.05, 0) is 36.3 Å². The molecular formula is C16H17BrO2. The molecule has 1 aromatic carbocycles. The first-order valence-electron chi connectivity index (χ1n) is 7.09. The fourth-order valence-corrected chi connectivity index (χ4v) is 5.69. The number of rotatable bonds is 0. The zero-order valence-corrected chi connectivity index (χ0v) is 12.5. The van der Waals surface area contributed by atoms with Crippen molar-refractivity contribution in [3.63, 3.8) is 0 Å². The van der Waals surface area contributed by atoms with Gasteiger partial charge in [0.15, 0.2) is 0 Å². The highest BCUT2D eigenvalue weighted by Crippen LogP contribution is 2.59. The first-order chi connectivity index (χ1) is 9.15. The molecule has 2 aliphatic carbocycles. The lowest BCUT2D eigenvalue weighted by Gasteiger charge is -2.47. The van der Waals surface area contributed by atoms with Crippen molar-refractivity contribution in [2.45, 2.75) is 42.5 Å². The van der Waals surface area contributed by atoms with Crippen LogP contribution in [0.5, 0.6) is 0 Å². The van der Waals surface area contributed by atoms with E-state index >= 15 is 0 Å². The summed E-state index contributed by atoms with van der Waals surface area (Å²) in [5.74, 6) is 0.710. The average Bonchev–Trinajstić information content (AvgIpc) is 2.60. The summed E-state index contributed by atoms with van der Waals surface area (Å²) in [5, 5.41) is 0. The molecule has 0 amide bonds. The molecule has 2 bridgehead atoms. The number of carbonyl (C=O) groups is 1. The third-order valence-corrected chi connectivity index (χ3v) is 6.42. The summed E-state index contributed by atoms with van der Waals surface area (Å²) < 4.78 is 5.74. The number of aryl methyl sites for hydroxylation is 1. The van der Waals surface area contributed by atoms with E-state index in [0.29, 0.717) is 10.7 Å². The van der Waals surface area contributed by atoms with Crippen LogP contribution in [-0.4, -0.2) is 16.9 Å². The largest absolute Gasteiger partial charge is 0.460 e. The zero-order valence-electron chi connectivity index (χ0n) is 10.9. The lowest BCUT2D eigenvalue weighted by molar-refractivity contribution is -0.145. The smallest absolute Gasteiger partial charge is 0.317 e. The van der Waals surface area contributed by atoms with Gasteiger partial charge in [0, 0.05) is 5.92 Å². The Morgan fingerprint density at radius 1 is 1.37 bits per heavy atom. The summed E-state index contributed by atoms with van der Waals surface area (Å²) in [6, 6.07) is 8.46. The van der Waals surface area contributed by atoms with Crippen molar-refractivity contribution in [3.8, 4) is 0 Å². The summed E-state index contributed by atoms with van der Waals surface area (Å²) in [7, 11) is 0. The maximum atomic E-state index is 12.7. The lowest BCUT2D eigenvalue weighted by atomic mass is 9.54. The third-order valence-electron chi connectivity index (χ3n) is 5.53. The van der Waals surface area contributed by atoms with Gasteiger partial charge in [0.2, 0.25) is 0 Å². The summed E-state index contributed by atoms with van der Waals surface area (Å²) in [4.78, 5) is 13.0. The molecule has 2 nitrogen and oxygen atoms in total. The fourth-order valence-electron chi connectivity index (χ4n) is 4.68. The molecule has 1 aliphatic heterocycles. The molecular weight excluding hydrogens is 304 g/mol. The van der Waals surface area contributed by atoms with Crippen LogP contribution in [0.25, 0.3) is 0 Å². The van der Waals surface area contributed by atoms with Crippen LogP contribution in [0.2, 0.25) is 0 Å². The van der Waals surface area contributed by atoms with Crippen LogP contribution in [-0.2, 0) is 21.4 Å². The van der Waals surface area contributed by atoms with E-state index in [1.807, 2.05) is 0 Å². The van der Waals surface area contributed by atoms with Crippen LogP contribution < -0.4 is 0 Å². The van der Waals surface area contributed by atoms with Gasteiger partial charge in [-0.15, -0.1) is 0 Å². The topological polar surface area (TPSA) is 26.3 Å². The number of halogens is 1. The molecule has 1 saturated heterocycles. The van der Waals surface area contributed by atoms with E-state index in [2.05, 4.69) is 47.1 Å². The predicted octanol–water partition coefficient (Wildman–Crippen LogP) is 3.22. The Kier molecular flexibility index (Phi) is 2.42. The van der Waals surface area contributed by atoms with Crippen molar-refractivity contribution in [2.75, 3.05) is 0 Å². The standard InChI is InChI=1S/C16H17BrO2/c1-9-14-13(17)8-11-7-6-10-4-2-3-5-12(10)16(9,11)15(18)19-14/h2-5,9,11,13-14H,6-8H2,1H3/t9-,11?,13+,14+,16-/m1/s1. The molecule has 4 rings (SSSR count). The van der Waals surface area contributed by atoms with Crippen molar-refractivity contribution >= 4 is 21.9 Å². The number of esters is 1. The van der Waals surface area contributed by atoms with Gasteiger partial charge < -0.3 is 4.74 Å². The second-order valence-electron chi connectivity index (χ2n) is 6.17. The molecule has 1 saturated carbocycles. The average molecular weight is 321 g/mol. The van der Waals surface area contributed by atoms with Crippen LogP contribution in [0.15, 0.2) is 24.3 Å². The highest BCUT2D eigenvalue weighted by molar-refractivity contribution is 9.09. The third kappa shape index (κ3) is 1.30. The molecule has 1 heterocycles. The molecule has 2 fully saturated rings. The van der Waals surface area contributed by atoms with Gasteiger partial charge in [-0.1, -0.05) is 47.1 Å². The number of alkyl halides is 1. The normalized spacial score (nSPS) is 43.4. The maximum absolute atomic E-state index is 12.7. The van der Waals surface area contributed by atoms with Crippen molar-refractivity contribution in [1.82, 2.24) is 0 Å². The van der Waals surface area contributed by atoms with Crippen LogP contribution in [0, 0.1) is 11.8 Å². The quantitative estimate of drug-likeness (QED) is 0.542. The second-order valence-corrected chi connectivity index (χ2v) is 7.35. The van der Waals surface area contributed by atoms with Crippen molar-refractivity contribution in [3.05, 3.63) is 35.4 Å². The number of hydrogen-bond donors (Lipinski definition) is 0. The Hall–Kier alpha value is -0.830. The minimum Gasteiger partial charge on any atom is -0.460 e. The van der Waals surface area contributed by atoms with E-state index in [1.165, 1.54) is 11.1 Å². The van der Waals surface area contributed by atoms with Gasteiger partial charge in [-0.25, -0.2) is 0 Å². The van der Waals surface area contributed by atoms with Crippen molar-refractivity contribution in [1.29, 1.82) is 0 Å². The molecule has 19 heavy (non-hydrogen) atoms. The molecule has 1 spiro atoms. The second kappa shape index (κ2) is 3.85. The number of hydrogen-bond acceptors (Lipinski definition) is 2. The van der Waals surface area contributed by atoms with Gasteiger partial charge in [0.1, 0.15) is 11.5 Å². The van der Waals surface area contributed by atoms with Crippen LogP contribution >= 0.6 is 15.9 Å². The summed E-state index contributed by atoms with van der Waals surface area (Å²) in [6.07, 6.45) is 3.28. The first-order valence-corrected chi connectivity index (χ1v) is 8.00. The number of carbonyl (C=O) groups excluding carboxylic acids is 1. The molecule has 5 atom stereocenters. The molecule has 0 radical (unpaired) electrons. The van der Waals surface area contributed by atoms with Gasteiger partial charge >= 0.3 is 5.97 Å². The van der Waals surface area contributed by atoms with Gasteiger partial charge in [-0.3, -0.25) is 4.79 Å². The Morgan fingerprint density at radius 3 is 3.00 bits per heavy atom. The maximum Gasteiger partial charge on any atom is 0.317 e. The van der Waals surface area contributed by atoms with Crippen LogP contribution in [0.3, 0.4) is 0 Å². The molecule has 0 aromatic heterocycles. The van der Waals surface area contributed by atoms with E-state index in [4.69, 9.17) is 4.74 Å². The zero-order chi connectivity index (χ0) is 13.2. The minimum atomic E-state index is -0.371. The van der Waals surface area contributed by atoms with E-state index in [9.17, 15) is 4.79 Å². The number of fused-ring (bicyclic) bond motifs is 2. The number of benzene rings is 1. The highest BCUT2D eigenvalue weighted by atomic mass is 79.9. The van der Waals surface area contributed by atoms with E-state index in [-0.39, 0.29) is 23.4 Å². The molecule has 0 N–H and O–H groups in total. The van der Waals surface area contributed by atoms with Gasteiger partial charge in [0.25, 0.3) is 0 Å². The molecule has 100 valence electrons. The minimum absolute atomic E-state index is 0.0177. The Morgan fingerprint density at radius 2 is 2.16 bits per heavy atom. The monoisotopic (exact) mass is 320 g/mol. The Balaban J connectivity index is 1.97. The Bertz CT molecular complexity index is 555. The molecule has 1 aromatic rings. The molecule has 1 unspecified atom stereocenters. The molecule has 3 aliphatic rings. The van der Waals surface area contributed by atoms with Crippen LogP contribution in [0.4, 0.5) is 0 Å². The first kappa shape index (κ1) is 12.0. The predicted molar refractivity (Wildman–Crippen MR) is 76.3 cm³/mol. The number of ether oxygens (including phenoxy) is 1. The fraction of sp³-hybridized carbons (Fsp3) is 0.562. The van der Waals surface area contributed by atoms with E-state index in [1.54, 1.807) is 0 Å². The lowest BCUT2D eigenvalue weighted by Crippen LogP contribution is -2.52. The summed E-state index contributed by atoms with van der Waals surface area (Å²) in [6.45, 7) is 2.19. The Labute approximate surface area is 121 Å². The highest BCUT2D eigenvalue weighted by Gasteiger charge is 2.66. The van der Waals surface area contributed by atoms with Gasteiger partial charge in [0.05, 0.1) is 4.83 Å². The van der Waals surface area contributed by atoms with E-state index < -0.39 is 0 Å². The summed E-state index contributed by atoms with van der Waals surface area (Å²) in [5.41, 5.74) is 2.21. The van der Waals surface area contributed by atoms with Crippen molar-refractivity contribution in [2.24, 2.45) is 11.8 Å². The van der Waals surface area contributed by atoms with Crippen molar-refractivity contribution < 1.29 is 9.53 Å².